The van der Waals surface area contributed by atoms with Gasteiger partial charge in [0.05, 0.1) is 16.7 Å². The van der Waals surface area contributed by atoms with Crippen LogP contribution >= 0.6 is 15.9 Å². The number of para-hydroxylation sites is 1. The van der Waals surface area contributed by atoms with Gasteiger partial charge in [-0.15, -0.1) is 0 Å². The van der Waals surface area contributed by atoms with Crippen molar-refractivity contribution in [3.63, 3.8) is 0 Å². The lowest BCUT2D eigenvalue weighted by molar-refractivity contribution is 0.829. The lowest BCUT2D eigenvalue weighted by Gasteiger charge is -2.08. The monoisotopic (exact) mass is 400 g/mol. The smallest absolute Gasteiger partial charge is 0.0952 e. The Morgan fingerprint density at radius 3 is 2.42 bits per heavy atom. The van der Waals surface area contributed by atoms with Crippen molar-refractivity contribution < 1.29 is 0 Å². The van der Waals surface area contributed by atoms with Crippen LogP contribution in [0.1, 0.15) is 6.92 Å². The van der Waals surface area contributed by atoms with Gasteiger partial charge >= 0.3 is 0 Å². The zero-order valence-electron chi connectivity index (χ0n) is 14.4. The molecule has 2 heterocycles. The molecule has 26 heavy (non-hydrogen) atoms. The molecular formula is C23H17BrN2. The summed E-state index contributed by atoms with van der Waals surface area (Å²) in [6.07, 6.45) is 0. The zero-order chi connectivity index (χ0) is 17.7. The first-order valence-electron chi connectivity index (χ1n) is 8.83. The quantitative estimate of drug-likeness (QED) is 0.318. The normalized spacial score (nSPS) is 11.6. The summed E-state index contributed by atoms with van der Waals surface area (Å²) in [6, 6.07) is 25.6. The van der Waals surface area contributed by atoms with Gasteiger partial charge in [-0.1, -0.05) is 64.5 Å². The van der Waals surface area contributed by atoms with Crippen LogP contribution < -0.4 is 0 Å². The van der Waals surface area contributed by atoms with Crippen molar-refractivity contribution in [3.8, 4) is 11.3 Å². The van der Waals surface area contributed by atoms with Crippen LogP contribution in [0.3, 0.4) is 0 Å². The topological polar surface area (TPSA) is 17.8 Å². The van der Waals surface area contributed by atoms with E-state index in [2.05, 4.69) is 100 Å². The fraction of sp³-hybridized carbons (Fsp3) is 0.0870. The van der Waals surface area contributed by atoms with Gasteiger partial charge in [-0.3, -0.25) is 0 Å². The third-order valence-electron chi connectivity index (χ3n) is 5.05. The number of halogens is 1. The molecule has 5 aromatic rings. The molecule has 3 heteroatoms. The summed E-state index contributed by atoms with van der Waals surface area (Å²) in [5, 5.41) is 3.74. The minimum Gasteiger partial charge on any atom is -0.339 e. The lowest BCUT2D eigenvalue weighted by Crippen LogP contribution is -1.95. The molecule has 0 bridgehead atoms. The molecular weight excluding hydrogens is 384 g/mol. The van der Waals surface area contributed by atoms with Crippen LogP contribution in [-0.4, -0.2) is 9.55 Å². The van der Waals surface area contributed by atoms with Crippen molar-refractivity contribution in [2.24, 2.45) is 0 Å². The summed E-state index contributed by atoms with van der Waals surface area (Å²) in [7, 11) is 0. The molecule has 0 aliphatic heterocycles. The Bertz CT molecular complexity index is 1270. The van der Waals surface area contributed by atoms with E-state index in [9.17, 15) is 0 Å². The highest BCUT2D eigenvalue weighted by Gasteiger charge is 2.13. The molecule has 0 unspecified atom stereocenters. The van der Waals surface area contributed by atoms with E-state index in [1.54, 1.807) is 0 Å². The van der Waals surface area contributed by atoms with Gasteiger partial charge in [-0.05, 0) is 31.2 Å². The average molecular weight is 401 g/mol. The van der Waals surface area contributed by atoms with E-state index in [0.717, 1.165) is 27.8 Å². The second kappa shape index (κ2) is 5.96. The van der Waals surface area contributed by atoms with Crippen LogP contribution in [0.4, 0.5) is 0 Å². The maximum absolute atomic E-state index is 5.07. The molecule has 0 spiro atoms. The van der Waals surface area contributed by atoms with Crippen molar-refractivity contribution in [2.75, 3.05) is 0 Å². The predicted octanol–water partition coefficient (Wildman–Crippen LogP) is 6.79. The molecule has 0 aliphatic rings. The first kappa shape index (κ1) is 15.6. The van der Waals surface area contributed by atoms with Crippen LogP contribution in [0.25, 0.3) is 44.0 Å². The molecule has 5 rings (SSSR count). The fourth-order valence-electron chi connectivity index (χ4n) is 3.83. The Kier molecular flexibility index (Phi) is 3.57. The Balaban J connectivity index is 1.89. The van der Waals surface area contributed by atoms with Gasteiger partial charge < -0.3 is 4.57 Å². The van der Waals surface area contributed by atoms with Crippen molar-refractivity contribution in [3.05, 3.63) is 77.3 Å². The predicted molar refractivity (Wildman–Crippen MR) is 114 cm³/mol. The highest BCUT2D eigenvalue weighted by Crippen LogP contribution is 2.34. The summed E-state index contributed by atoms with van der Waals surface area (Å²) >= 11 is 3.51. The SMILES string of the molecule is CCn1c2ccccc2c2ccc3ccc(-c4ccc(Br)cc4)nc3c21. The lowest BCUT2D eigenvalue weighted by atomic mass is 10.1. The van der Waals surface area contributed by atoms with E-state index >= 15 is 0 Å². The second-order valence-corrected chi connectivity index (χ2v) is 7.41. The number of aryl methyl sites for hydroxylation is 1. The number of nitrogens with zero attached hydrogens (tertiary/aromatic N) is 2. The Morgan fingerprint density at radius 1 is 0.846 bits per heavy atom. The molecule has 2 nitrogen and oxygen atoms in total. The Hall–Kier alpha value is -2.65. The molecule has 0 aliphatic carbocycles. The molecule has 2 aromatic heterocycles. The number of hydrogen-bond donors (Lipinski definition) is 0. The highest BCUT2D eigenvalue weighted by molar-refractivity contribution is 9.10. The van der Waals surface area contributed by atoms with E-state index < -0.39 is 0 Å². The third-order valence-corrected chi connectivity index (χ3v) is 5.58. The largest absolute Gasteiger partial charge is 0.339 e. The van der Waals surface area contributed by atoms with E-state index in [-0.39, 0.29) is 0 Å². The van der Waals surface area contributed by atoms with Crippen molar-refractivity contribution >= 4 is 48.6 Å². The summed E-state index contributed by atoms with van der Waals surface area (Å²) in [5.74, 6) is 0. The van der Waals surface area contributed by atoms with Gasteiger partial charge in [0.15, 0.2) is 0 Å². The van der Waals surface area contributed by atoms with Gasteiger partial charge in [-0.2, -0.15) is 0 Å². The van der Waals surface area contributed by atoms with E-state index in [1.807, 2.05) is 0 Å². The van der Waals surface area contributed by atoms with Crippen molar-refractivity contribution in [1.82, 2.24) is 9.55 Å². The van der Waals surface area contributed by atoms with Crippen LogP contribution in [0, 0.1) is 0 Å². The van der Waals surface area contributed by atoms with Gasteiger partial charge in [0.2, 0.25) is 0 Å². The number of pyridine rings is 1. The first-order chi connectivity index (χ1) is 12.8. The molecule has 0 amide bonds. The van der Waals surface area contributed by atoms with Crippen LogP contribution in [0.2, 0.25) is 0 Å². The van der Waals surface area contributed by atoms with Gasteiger partial charge in [0, 0.05) is 38.3 Å². The average Bonchev–Trinajstić information content (AvgIpc) is 3.02. The molecule has 0 N–H and O–H groups in total. The highest BCUT2D eigenvalue weighted by atomic mass is 79.9. The summed E-state index contributed by atoms with van der Waals surface area (Å²) in [6.45, 7) is 3.12. The maximum atomic E-state index is 5.07. The molecule has 3 aromatic carbocycles. The van der Waals surface area contributed by atoms with Crippen LogP contribution in [-0.2, 0) is 6.54 Å². The van der Waals surface area contributed by atoms with Gasteiger partial charge in [-0.25, -0.2) is 4.98 Å². The van der Waals surface area contributed by atoms with Crippen LogP contribution in [0.5, 0.6) is 0 Å². The zero-order valence-corrected chi connectivity index (χ0v) is 16.0. The summed E-state index contributed by atoms with van der Waals surface area (Å²) in [4.78, 5) is 5.07. The van der Waals surface area contributed by atoms with E-state index in [4.69, 9.17) is 4.98 Å². The second-order valence-electron chi connectivity index (χ2n) is 6.50. The maximum Gasteiger partial charge on any atom is 0.0952 e. The van der Waals surface area contributed by atoms with Crippen molar-refractivity contribution in [1.29, 1.82) is 0 Å². The molecule has 0 atom stereocenters. The summed E-state index contributed by atoms with van der Waals surface area (Å²) < 4.78 is 3.46. The minimum absolute atomic E-state index is 0.924. The van der Waals surface area contributed by atoms with Crippen molar-refractivity contribution in [2.45, 2.75) is 13.5 Å². The molecule has 126 valence electrons. The minimum atomic E-state index is 0.924. The van der Waals surface area contributed by atoms with E-state index in [0.29, 0.717) is 0 Å². The third kappa shape index (κ3) is 2.27. The number of hydrogen-bond acceptors (Lipinski definition) is 1. The molecule has 0 fully saturated rings. The number of aromatic nitrogens is 2. The van der Waals surface area contributed by atoms with Gasteiger partial charge in [0.1, 0.15) is 0 Å². The number of fused-ring (bicyclic) bond motifs is 5. The number of rotatable bonds is 2. The molecule has 0 radical (unpaired) electrons. The van der Waals surface area contributed by atoms with Gasteiger partial charge in [0.25, 0.3) is 0 Å². The van der Waals surface area contributed by atoms with E-state index in [1.165, 1.54) is 27.2 Å². The first-order valence-corrected chi connectivity index (χ1v) is 9.62. The Labute approximate surface area is 160 Å². The molecule has 0 saturated carbocycles. The number of benzene rings is 3. The Morgan fingerprint density at radius 2 is 1.62 bits per heavy atom. The standard InChI is InChI=1S/C23H17BrN2/c1-2-26-21-6-4-3-5-18(21)19-13-9-16-10-14-20(25-22(16)23(19)26)15-7-11-17(24)12-8-15/h3-14H,2H2,1H3. The fourth-order valence-corrected chi connectivity index (χ4v) is 4.10. The summed E-state index contributed by atoms with van der Waals surface area (Å²) in [5.41, 5.74) is 5.70. The van der Waals surface area contributed by atoms with Crippen LogP contribution in [0.15, 0.2) is 77.3 Å². The molecule has 0 saturated heterocycles.